The molecule has 38 heavy (non-hydrogen) atoms. The van der Waals surface area contributed by atoms with Gasteiger partial charge in [-0.25, -0.2) is 0 Å². The van der Waals surface area contributed by atoms with Crippen molar-refractivity contribution in [2.75, 3.05) is 10.2 Å². The van der Waals surface area contributed by atoms with Crippen molar-refractivity contribution in [1.82, 2.24) is 0 Å². The first kappa shape index (κ1) is 22.9. The molecule has 0 amide bonds. The van der Waals surface area contributed by atoms with E-state index < -0.39 is 0 Å². The van der Waals surface area contributed by atoms with Crippen LogP contribution in [0.1, 0.15) is 43.2 Å². The first-order chi connectivity index (χ1) is 18.8. The van der Waals surface area contributed by atoms with Crippen LogP contribution in [0.5, 0.6) is 0 Å². The molecule has 0 heterocycles. The fourth-order valence-electron chi connectivity index (χ4n) is 6.69. The van der Waals surface area contributed by atoms with E-state index >= 15 is 0 Å². The van der Waals surface area contributed by atoms with Crippen LogP contribution in [0.25, 0.3) is 11.1 Å². The zero-order chi connectivity index (χ0) is 25.4. The quantitative estimate of drug-likeness (QED) is 0.262. The van der Waals surface area contributed by atoms with Gasteiger partial charge in [0.2, 0.25) is 0 Å². The smallest absolute Gasteiger partial charge is 0.0463 e. The number of nitrogens with one attached hydrogen (secondary N) is 1. The maximum atomic E-state index is 3.71. The summed E-state index contributed by atoms with van der Waals surface area (Å²) >= 11 is 0. The topological polar surface area (TPSA) is 15.3 Å². The van der Waals surface area contributed by atoms with Crippen LogP contribution in [0.15, 0.2) is 127 Å². The number of hydrogen-bond donors (Lipinski definition) is 1. The number of nitrogens with zero attached hydrogens (tertiary/aromatic N) is 1. The largest absolute Gasteiger partial charge is 0.356 e. The first-order valence-electron chi connectivity index (χ1n) is 13.8. The van der Waals surface area contributed by atoms with E-state index in [1.807, 2.05) is 0 Å². The van der Waals surface area contributed by atoms with Gasteiger partial charge in [-0.1, -0.05) is 86.0 Å². The summed E-state index contributed by atoms with van der Waals surface area (Å²) in [5.74, 6) is 0. The molecule has 1 saturated carbocycles. The molecule has 0 aliphatic heterocycles. The fraction of sp³-hybridized carbons (Fsp3) is 0.167. The van der Waals surface area contributed by atoms with Crippen molar-refractivity contribution in [2.45, 2.75) is 37.5 Å². The van der Waals surface area contributed by atoms with Crippen molar-refractivity contribution in [3.8, 4) is 11.1 Å². The minimum absolute atomic E-state index is 0.178. The van der Waals surface area contributed by atoms with Crippen LogP contribution >= 0.6 is 0 Å². The highest BCUT2D eigenvalue weighted by molar-refractivity contribution is 5.84. The lowest BCUT2D eigenvalue weighted by Gasteiger charge is -2.36. The Labute approximate surface area is 225 Å². The molecule has 1 N–H and O–H groups in total. The summed E-state index contributed by atoms with van der Waals surface area (Å²) in [5, 5.41) is 3.71. The van der Waals surface area contributed by atoms with Gasteiger partial charge in [-0.05, 0) is 95.8 Å². The minimum Gasteiger partial charge on any atom is -0.356 e. The Balaban J connectivity index is 1.20. The Kier molecular flexibility index (Phi) is 5.74. The molecule has 1 fully saturated rings. The third-order valence-electron chi connectivity index (χ3n) is 8.42. The maximum absolute atomic E-state index is 3.71. The normalized spacial score (nSPS) is 15.1. The minimum atomic E-state index is 0.178. The Morgan fingerprint density at radius 2 is 1.03 bits per heavy atom. The van der Waals surface area contributed by atoms with E-state index in [1.54, 1.807) is 0 Å². The number of anilines is 5. The second-order valence-electron chi connectivity index (χ2n) is 10.6. The van der Waals surface area contributed by atoms with Gasteiger partial charge in [0.25, 0.3) is 0 Å². The Bertz CT molecular complexity index is 1510. The van der Waals surface area contributed by atoms with Crippen molar-refractivity contribution < 1.29 is 0 Å². The summed E-state index contributed by atoms with van der Waals surface area (Å²) in [7, 11) is 0. The molecule has 2 nitrogen and oxygen atoms in total. The zero-order valence-corrected chi connectivity index (χ0v) is 21.6. The molecule has 5 aromatic rings. The Morgan fingerprint density at radius 1 is 0.474 bits per heavy atom. The molecule has 7 rings (SSSR count). The average molecular weight is 493 g/mol. The third kappa shape index (κ3) is 3.88. The highest BCUT2D eigenvalue weighted by Crippen LogP contribution is 2.56. The van der Waals surface area contributed by atoms with Crippen LogP contribution in [-0.2, 0) is 5.41 Å². The van der Waals surface area contributed by atoms with E-state index in [1.165, 1.54) is 54.4 Å². The van der Waals surface area contributed by atoms with E-state index in [2.05, 4.69) is 138 Å². The molecule has 0 atom stereocenters. The highest BCUT2D eigenvalue weighted by atomic mass is 15.1. The molecular formula is C36H32N2. The van der Waals surface area contributed by atoms with Crippen molar-refractivity contribution in [3.63, 3.8) is 0 Å². The van der Waals surface area contributed by atoms with E-state index in [0.29, 0.717) is 0 Å². The first-order valence-corrected chi connectivity index (χ1v) is 13.8. The van der Waals surface area contributed by atoms with Gasteiger partial charge in [0.1, 0.15) is 0 Å². The molecular weight excluding hydrogens is 460 g/mol. The lowest BCUT2D eigenvalue weighted by Crippen LogP contribution is -2.28. The van der Waals surface area contributed by atoms with E-state index in [0.717, 1.165) is 28.4 Å². The van der Waals surface area contributed by atoms with E-state index in [4.69, 9.17) is 0 Å². The molecule has 0 bridgehead atoms. The third-order valence-corrected chi connectivity index (χ3v) is 8.42. The highest BCUT2D eigenvalue weighted by Gasteiger charge is 2.43. The van der Waals surface area contributed by atoms with Crippen molar-refractivity contribution >= 4 is 28.4 Å². The molecule has 0 radical (unpaired) electrons. The van der Waals surface area contributed by atoms with Gasteiger partial charge in [0.15, 0.2) is 0 Å². The average Bonchev–Trinajstić information content (AvgIpc) is 3.24. The second kappa shape index (κ2) is 9.54. The van der Waals surface area contributed by atoms with Crippen LogP contribution in [0.2, 0.25) is 0 Å². The summed E-state index contributed by atoms with van der Waals surface area (Å²) in [6.45, 7) is 0. The molecule has 2 aliphatic rings. The summed E-state index contributed by atoms with van der Waals surface area (Å²) in [6, 6.07) is 46.0. The van der Waals surface area contributed by atoms with Crippen LogP contribution in [0.4, 0.5) is 28.4 Å². The lowest BCUT2D eigenvalue weighted by molar-refractivity contribution is 0.353. The molecule has 0 saturated heterocycles. The van der Waals surface area contributed by atoms with Gasteiger partial charge < -0.3 is 10.2 Å². The van der Waals surface area contributed by atoms with Crippen molar-refractivity contribution in [2.24, 2.45) is 0 Å². The van der Waals surface area contributed by atoms with Gasteiger partial charge in [0, 0.05) is 33.9 Å². The number of rotatable bonds is 5. The van der Waals surface area contributed by atoms with Gasteiger partial charge >= 0.3 is 0 Å². The van der Waals surface area contributed by atoms with Crippen LogP contribution in [0, 0.1) is 0 Å². The van der Waals surface area contributed by atoms with Gasteiger partial charge in [-0.3, -0.25) is 0 Å². The predicted octanol–water partition coefficient (Wildman–Crippen LogP) is 10.1. The molecule has 2 heteroatoms. The SMILES string of the molecule is c1ccc(N(c2ccccc2)c2ccc(Nc3ccc4c(c3)C3(CCCCC3)c3ccccc3-4)cc2)cc1. The molecule has 2 aliphatic carbocycles. The maximum Gasteiger partial charge on any atom is 0.0463 e. The number of benzene rings is 5. The lowest BCUT2D eigenvalue weighted by atomic mass is 9.68. The zero-order valence-electron chi connectivity index (χ0n) is 21.6. The molecule has 5 aromatic carbocycles. The summed E-state index contributed by atoms with van der Waals surface area (Å²) in [6.07, 6.45) is 6.49. The molecule has 0 aromatic heterocycles. The van der Waals surface area contributed by atoms with Gasteiger partial charge in [-0.2, -0.15) is 0 Å². The van der Waals surface area contributed by atoms with E-state index in [9.17, 15) is 0 Å². The van der Waals surface area contributed by atoms with Crippen LogP contribution < -0.4 is 10.2 Å². The van der Waals surface area contributed by atoms with Gasteiger partial charge in [-0.15, -0.1) is 0 Å². The van der Waals surface area contributed by atoms with Crippen LogP contribution in [0.3, 0.4) is 0 Å². The van der Waals surface area contributed by atoms with Gasteiger partial charge in [0.05, 0.1) is 0 Å². The Morgan fingerprint density at radius 3 is 1.71 bits per heavy atom. The summed E-state index contributed by atoms with van der Waals surface area (Å²) < 4.78 is 0. The van der Waals surface area contributed by atoms with Crippen LogP contribution in [-0.4, -0.2) is 0 Å². The molecule has 1 spiro atoms. The van der Waals surface area contributed by atoms with E-state index in [-0.39, 0.29) is 5.41 Å². The van der Waals surface area contributed by atoms with Crippen molar-refractivity contribution in [1.29, 1.82) is 0 Å². The summed E-state index contributed by atoms with van der Waals surface area (Å²) in [4.78, 5) is 2.29. The Hall–Kier alpha value is -4.30. The standard InChI is InChI=1S/C36H32N2/c1-4-12-29(13-5-1)38(30-14-6-2-7-15-30)31-21-18-27(19-22-31)37-28-20-23-33-32-16-8-9-17-34(32)36(35(33)26-28)24-10-3-11-25-36/h1-2,4-9,12-23,26,37H,3,10-11,24-25H2. The molecule has 186 valence electrons. The molecule has 0 unspecified atom stereocenters. The number of hydrogen-bond acceptors (Lipinski definition) is 2. The number of fused-ring (bicyclic) bond motifs is 5. The predicted molar refractivity (Wildman–Crippen MR) is 160 cm³/mol. The number of para-hydroxylation sites is 2. The second-order valence-corrected chi connectivity index (χ2v) is 10.6. The monoisotopic (exact) mass is 492 g/mol. The van der Waals surface area contributed by atoms with Crippen molar-refractivity contribution in [3.05, 3.63) is 139 Å². The fourth-order valence-corrected chi connectivity index (χ4v) is 6.69. The summed E-state index contributed by atoms with van der Waals surface area (Å²) in [5.41, 5.74) is 11.8.